The van der Waals surface area contributed by atoms with Crippen LogP contribution < -0.4 is 21.6 Å². The molecule has 0 radical (unpaired) electrons. The Morgan fingerprint density at radius 1 is 1.14 bits per heavy atom. The molecule has 12 heteroatoms. The van der Waals surface area contributed by atoms with Crippen LogP contribution in [0.2, 0.25) is 0 Å². The van der Waals surface area contributed by atoms with Crippen molar-refractivity contribution >= 4 is 55.9 Å². The molecule has 11 nitrogen and oxygen atoms in total. The third-order valence-electron chi connectivity index (χ3n) is 5.70. The van der Waals surface area contributed by atoms with E-state index in [1.807, 2.05) is 22.3 Å². The molecule has 4 aromatic heterocycles. The zero-order valence-corrected chi connectivity index (χ0v) is 21.0. The highest BCUT2D eigenvalue weighted by atomic mass is 32.1. The number of nitrogens with zero attached hydrogens (tertiary/aromatic N) is 4. The first-order chi connectivity index (χ1) is 17.4. The van der Waals surface area contributed by atoms with Gasteiger partial charge >= 0.3 is 5.69 Å². The summed E-state index contributed by atoms with van der Waals surface area (Å²) in [6.07, 6.45) is 1.87. The van der Waals surface area contributed by atoms with Gasteiger partial charge in [-0.15, -0.1) is 11.3 Å². The fourth-order valence-corrected chi connectivity index (χ4v) is 4.70. The number of aromatic amines is 2. The third-order valence-corrected chi connectivity index (χ3v) is 6.61. The maximum absolute atomic E-state index is 12.6. The number of aromatic nitrogens is 6. The van der Waals surface area contributed by atoms with Crippen LogP contribution in [0.4, 0.5) is 17.5 Å². The minimum Gasteiger partial charge on any atom is -0.360 e. The molecule has 0 saturated carbocycles. The highest BCUT2D eigenvalue weighted by Gasteiger charge is 2.13. The molecule has 5 aromatic rings. The van der Waals surface area contributed by atoms with Gasteiger partial charge in [0.2, 0.25) is 11.9 Å². The molecule has 4 heterocycles. The lowest BCUT2D eigenvalue weighted by atomic mass is 10.2. The van der Waals surface area contributed by atoms with E-state index in [0.29, 0.717) is 40.9 Å². The molecular formula is C24H27N9O2S. The SMILES string of the molecule is Cc1c(CNc2nc(NCC(=O)Nc3ccc4[nH]c(=O)[nH]c4c3)c3sccc3n2)cnn1CC(C)C. The van der Waals surface area contributed by atoms with Crippen molar-refractivity contribution in [3.8, 4) is 0 Å². The molecule has 0 atom stereocenters. The number of carbonyl (C=O) groups is 1. The third kappa shape index (κ3) is 5.08. The van der Waals surface area contributed by atoms with Crippen molar-refractivity contribution < 1.29 is 4.79 Å². The molecule has 0 aliphatic heterocycles. The number of hydrogen-bond donors (Lipinski definition) is 5. The van der Waals surface area contributed by atoms with E-state index >= 15 is 0 Å². The largest absolute Gasteiger partial charge is 0.360 e. The standard InChI is InChI=1S/C24H27N9O2S/c1-13(2)12-33-14(3)15(10-27-33)9-26-23-29-18-6-7-36-21(18)22(32-23)25-11-20(34)28-16-4-5-17-19(8-16)31-24(35)30-17/h4-8,10,13H,9,11-12H2,1-3H3,(H,28,34)(H2,30,31,35)(H2,25,26,29,32). The first-order valence-electron chi connectivity index (χ1n) is 11.6. The van der Waals surface area contributed by atoms with Crippen molar-refractivity contribution in [2.45, 2.75) is 33.9 Å². The van der Waals surface area contributed by atoms with E-state index < -0.39 is 0 Å². The van der Waals surface area contributed by atoms with Gasteiger partial charge in [-0.25, -0.2) is 9.78 Å². The second kappa shape index (κ2) is 9.82. The molecule has 0 bridgehead atoms. The van der Waals surface area contributed by atoms with E-state index in [2.05, 4.69) is 61.8 Å². The maximum atomic E-state index is 12.6. The maximum Gasteiger partial charge on any atom is 0.323 e. The molecule has 5 rings (SSSR count). The van der Waals surface area contributed by atoms with Crippen molar-refractivity contribution in [2.75, 3.05) is 22.5 Å². The number of rotatable bonds is 9. The number of nitrogens with one attached hydrogen (secondary N) is 5. The molecule has 0 aliphatic carbocycles. The van der Waals surface area contributed by atoms with Crippen LogP contribution in [-0.2, 0) is 17.9 Å². The van der Waals surface area contributed by atoms with E-state index in [1.165, 1.54) is 11.3 Å². The summed E-state index contributed by atoms with van der Waals surface area (Å²) in [4.78, 5) is 38.6. The molecule has 1 amide bonds. The van der Waals surface area contributed by atoms with E-state index in [1.54, 1.807) is 18.2 Å². The summed E-state index contributed by atoms with van der Waals surface area (Å²) in [5.41, 5.74) is 4.60. The second-order valence-electron chi connectivity index (χ2n) is 8.96. The number of hydrogen-bond acceptors (Lipinski definition) is 8. The van der Waals surface area contributed by atoms with E-state index in [9.17, 15) is 9.59 Å². The molecule has 1 aromatic carbocycles. The lowest BCUT2D eigenvalue weighted by molar-refractivity contribution is -0.114. The Kier molecular flexibility index (Phi) is 6.42. The monoisotopic (exact) mass is 505 g/mol. The van der Waals surface area contributed by atoms with Gasteiger partial charge in [0.15, 0.2) is 0 Å². The normalized spacial score (nSPS) is 11.4. The number of benzene rings is 1. The van der Waals surface area contributed by atoms with Crippen LogP contribution in [0.5, 0.6) is 0 Å². The lowest BCUT2D eigenvalue weighted by Crippen LogP contribution is -2.22. The molecule has 0 spiro atoms. The molecule has 186 valence electrons. The van der Waals surface area contributed by atoms with Crippen LogP contribution in [0, 0.1) is 12.8 Å². The summed E-state index contributed by atoms with van der Waals surface area (Å²) >= 11 is 1.51. The molecular weight excluding hydrogens is 478 g/mol. The molecule has 0 unspecified atom stereocenters. The highest BCUT2D eigenvalue weighted by Crippen LogP contribution is 2.27. The summed E-state index contributed by atoms with van der Waals surface area (Å²) in [6, 6.07) is 7.11. The van der Waals surface area contributed by atoms with Gasteiger partial charge in [-0.1, -0.05) is 13.8 Å². The van der Waals surface area contributed by atoms with E-state index in [0.717, 1.165) is 28.0 Å². The molecule has 0 saturated heterocycles. The topological polar surface area (TPSA) is 145 Å². The van der Waals surface area contributed by atoms with Gasteiger partial charge in [0.25, 0.3) is 0 Å². The second-order valence-corrected chi connectivity index (χ2v) is 9.87. The number of thiophene rings is 1. The van der Waals surface area contributed by atoms with Crippen LogP contribution in [0.1, 0.15) is 25.1 Å². The Balaban J connectivity index is 1.26. The van der Waals surface area contributed by atoms with Gasteiger partial charge < -0.3 is 25.9 Å². The van der Waals surface area contributed by atoms with Gasteiger partial charge in [0, 0.05) is 30.0 Å². The molecule has 0 aliphatic rings. The summed E-state index contributed by atoms with van der Waals surface area (Å²) in [6.45, 7) is 7.83. The zero-order chi connectivity index (χ0) is 25.2. The summed E-state index contributed by atoms with van der Waals surface area (Å²) in [5.74, 6) is 1.34. The minimum absolute atomic E-state index is 0.0201. The van der Waals surface area contributed by atoms with Gasteiger partial charge in [0.1, 0.15) is 5.82 Å². The predicted molar refractivity (Wildman–Crippen MR) is 143 cm³/mol. The van der Waals surface area contributed by atoms with Gasteiger partial charge in [0.05, 0.1) is 34.0 Å². The first kappa shape index (κ1) is 23.5. The number of fused-ring (bicyclic) bond motifs is 2. The number of carbonyl (C=O) groups excluding carboxylic acids is 1. The van der Waals surface area contributed by atoms with Crippen LogP contribution in [-0.4, -0.2) is 42.2 Å². The van der Waals surface area contributed by atoms with Gasteiger partial charge in [-0.05, 0) is 42.5 Å². The van der Waals surface area contributed by atoms with Crippen LogP contribution >= 0.6 is 11.3 Å². The Morgan fingerprint density at radius 3 is 2.81 bits per heavy atom. The number of amides is 1. The van der Waals surface area contributed by atoms with Crippen molar-refractivity contribution in [1.29, 1.82) is 0 Å². The van der Waals surface area contributed by atoms with Crippen LogP contribution in [0.3, 0.4) is 0 Å². The van der Waals surface area contributed by atoms with Gasteiger partial charge in [-0.2, -0.15) is 10.1 Å². The fraction of sp³-hybridized carbons (Fsp3) is 0.292. The molecule has 5 N–H and O–H groups in total. The fourth-order valence-electron chi connectivity index (χ4n) is 3.90. The predicted octanol–water partition coefficient (Wildman–Crippen LogP) is 3.68. The smallest absolute Gasteiger partial charge is 0.323 e. The van der Waals surface area contributed by atoms with Crippen molar-refractivity contribution in [3.05, 3.63) is 57.6 Å². The Morgan fingerprint density at radius 2 is 1.97 bits per heavy atom. The van der Waals surface area contributed by atoms with Crippen molar-refractivity contribution in [2.24, 2.45) is 5.92 Å². The van der Waals surface area contributed by atoms with E-state index in [-0.39, 0.29) is 18.1 Å². The number of H-pyrrole nitrogens is 2. The van der Waals surface area contributed by atoms with Crippen molar-refractivity contribution in [1.82, 2.24) is 29.7 Å². The minimum atomic E-state index is -0.289. The van der Waals surface area contributed by atoms with Gasteiger partial charge in [-0.3, -0.25) is 9.48 Å². The number of imidazole rings is 1. The summed E-state index contributed by atoms with van der Waals surface area (Å²) in [7, 11) is 0. The average molecular weight is 506 g/mol. The van der Waals surface area contributed by atoms with Crippen molar-refractivity contribution in [3.63, 3.8) is 0 Å². The molecule has 0 fully saturated rings. The quantitative estimate of drug-likeness (QED) is 0.205. The van der Waals surface area contributed by atoms with Crippen LogP contribution in [0.15, 0.2) is 40.6 Å². The summed E-state index contributed by atoms with van der Waals surface area (Å²) in [5, 5.41) is 15.7. The van der Waals surface area contributed by atoms with Crippen LogP contribution in [0.25, 0.3) is 21.3 Å². The zero-order valence-electron chi connectivity index (χ0n) is 20.2. The Labute approximate surface area is 210 Å². The molecule has 36 heavy (non-hydrogen) atoms. The lowest BCUT2D eigenvalue weighted by Gasteiger charge is -2.11. The Bertz CT molecular complexity index is 1590. The summed E-state index contributed by atoms with van der Waals surface area (Å²) < 4.78 is 2.89. The van der Waals surface area contributed by atoms with E-state index in [4.69, 9.17) is 0 Å². The highest BCUT2D eigenvalue weighted by molar-refractivity contribution is 7.17. The Hall–Kier alpha value is -4.19. The number of anilines is 3. The first-order valence-corrected chi connectivity index (χ1v) is 12.5. The average Bonchev–Trinajstić information content (AvgIpc) is 3.54.